The monoisotopic (exact) mass is 502 g/mol. The van der Waals surface area contributed by atoms with Crippen LogP contribution in [0.1, 0.15) is 54.0 Å². The summed E-state index contributed by atoms with van der Waals surface area (Å²) in [5.41, 5.74) is -8.50. The molecular weight excluding hydrogens is 488 g/mol. The highest BCUT2D eigenvalue weighted by atomic mass is 19.4. The van der Waals surface area contributed by atoms with Gasteiger partial charge in [0.25, 0.3) is 11.8 Å². The fourth-order valence-electron chi connectivity index (χ4n) is 3.28. The van der Waals surface area contributed by atoms with Gasteiger partial charge in [-0.3, -0.25) is 9.59 Å². The molecule has 186 valence electrons. The van der Waals surface area contributed by atoms with Crippen molar-refractivity contribution in [1.29, 1.82) is 0 Å². The molecule has 0 saturated carbocycles. The lowest BCUT2D eigenvalue weighted by atomic mass is 9.93. The number of fused-ring (bicyclic) bond motifs is 5. The van der Waals surface area contributed by atoms with E-state index in [1.54, 1.807) is 0 Å². The second-order valence-corrected chi connectivity index (χ2v) is 7.44. The predicted octanol–water partition coefficient (Wildman–Crippen LogP) is 4.25. The second kappa shape index (κ2) is 8.56. The average Bonchev–Trinajstić information content (AvgIpc) is 3.20. The molecule has 2 aromatic heterocycles. The number of amides is 1. The van der Waals surface area contributed by atoms with Crippen LogP contribution in [-0.2, 0) is 16.6 Å². The van der Waals surface area contributed by atoms with Crippen LogP contribution >= 0.6 is 0 Å². The molecule has 1 atom stereocenters. The van der Waals surface area contributed by atoms with Gasteiger partial charge in [-0.2, -0.15) is 26.3 Å². The highest BCUT2D eigenvalue weighted by Gasteiger charge is 2.59. The molecule has 8 nitrogen and oxygen atoms in total. The Morgan fingerprint density at radius 1 is 1.06 bits per heavy atom. The van der Waals surface area contributed by atoms with E-state index in [2.05, 4.69) is 15.2 Å². The highest BCUT2D eigenvalue weighted by Crippen LogP contribution is 2.45. The van der Waals surface area contributed by atoms with Gasteiger partial charge >= 0.3 is 12.4 Å². The number of anilines is 1. The van der Waals surface area contributed by atoms with E-state index >= 15 is 0 Å². The number of halogens is 8. The van der Waals surface area contributed by atoms with Crippen LogP contribution in [0.2, 0.25) is 0 Å². The van der Waals surface area contributed by atoms with Crippen LogP contribution in [0.15, 0.2) is 10.5 Å². The van der Waals surface area contributed by atoms with Crippen LogP contribution < -0.4 is 5.32 Å². The standard InChI is InChI=1S/C18H14F8N4O4/c19-15(20)3-1-4-16(33,18(24,25)26)14-30-29-13(34-14)12-9(27-7-31)6-8(17(21,22)23)11(28-12)10(32)2-5-15/h6-7,33H,1-5H2,(H,27,31). The fraction of sp³-hybridized carbons (Fsp3) is 0.500. The number of nitrogens with one attached hydrogen (secondary N) is 1. The fourth-order valence-corrected chi connectivity index (χ4v) is 3.28. The average molecular weight is 502 g/mol. The van der Waals surface area contributed by atoms with Crippen LogP contribution in [-0.4, -0.2) is 44.6 Å². The molecule has 34 heavy (non-hydrogen) atoms. The van der Waals surface area contributed by atoms with E-state index in [1.165, 1.54) is 0 Å². The molecule has 1 amide bonds. The number of nitrogens with zero attached hydrogens (tertiary/aromatic N) is 3. The first-order valence-corrected chi connectivity index (χ1v) is 9.46. The molecule has 0 spiro atoms. The summed E-state index contributed by atoms with van der Waals surface area (Å²) in [6.07, 6.45) is -16.6. The SMILES string of the molecule is O=CNc1cc(C(F)(F)F)c2nc1-c1nnc(o1)C(O)(C(F)(F)F)CCCC(F)(F)CCC2=O. The molecule has 0 aromatic carbocycles. The molecule has 0 radical (unpaired) electrons. The lowest BCUT2D eigenvalue weighted by Crippen LogP contribution is -2.43. The van der Waals surface area contributed by atoms with Gasteiger partial charge in [0, 0.05) is 19.3 Å². The van der Waals surface area contributed by atoms with Gasteiger partial charge in [0.05, 0.1) is 11.3 Å². The van der Waals surface area contributed by atoms with Crippen LogP contribution in [0.25, 0.3) is 11.6 Å². The molecular formula is C18H14F8N4O4. The van der Waals surface area contributed by atoms with Crippen molar-refractivity contribution in [3.8, 4) is 11.6 Å². The number of alkyl halides is 8. The van der Waals surface area contributed by atoms with Gasteiger partial charge in [0.1, 0.15) is 5.69 Å². The Kier molecular flexibility index (Phi) is 6.41. The number of rotatable bonds is 2. The van der Waals surface area contributed by atoms with E-state index in [-0.39, 0.29) is 12.5 Å². The molecule has 0 fully saturated rings. The lowest BCUT2D eigenvalue weighted by molar-refractivity contribution is -0.278. The lowest BCUT2D eigenvalue weighted by Gasteiger charge is -2.27. The molecule has 2 aromatic rings. The quantitative estimate of drug-likeness (QED) is 0.466. The van der Waals surface area contributed by atoms with Crippen molar-refractivity contribution in [1.82, 2.24) is 15.2 Å². The molecule has 1 aliphatic rings. The number of pyridine rings is 1. The van der Waals surface area contributed by atoms with Crippen molar-refractivity contribution >= 4 is 17.9 Å². The van der Waals surface area contributed by atoms with E-state index in [0.717, 1.165) is 0 Å². The molecule has 0 aliphatic carbocycles. The van der Waals surface area contributed by atoms with Crippen molar-refractivity contribution in [3.05, 3.63) is 23.2 Å². The normalized spacial score (nSPS) is 21.6. The Hall–Kier alpha value is -3.17. The Labute approximate surface area is 184 Å². The highest BCUT2D eigenvalue weighted by molar-refractivity contribution is 5.97. The molecule has 16 heteroatoms. The minimum Gasteiger partial charge on any atom is -0.416 e. The van der Waals surface area contributed by atoms with Gasteiger partial charge in [0.15, 0.2) is 11.5 Å². The minimum atomic E-state index is -5.46. The summed E-state index contributed by atoms with van der Waals surface area (Å²) < 4.78 is 115. The Balaban J connectivity index is 2.29. The van der Waals surface area contributed by atoms with Crippen LogP contribution in [0.3, 0.4) is 0 Å². The van der Waals surface area contributed by atoms with Crippen LogP contribution in [0.5, 0.6) is 0 Å². The van der Waals surface area contributed by atoms with Crippen molar-refractivity contribution in [2.24, 2.45) is 0 Å². The van der Waals surface area contributed by atoms with Crippen molar-refractivity contribution < 1.29 is 54.2 Å². The minimum absolute atomic E-state index is 0.0929. The number of ketones is 1. The van der Waals surface area contributed by atoms with Gasteiger partial charge in [-0.25, -0.2) is 13.8 Å². The number of Topliss-reactive ketones (excluding diaryl/α,β-unsaturated/α-hetero) is 1. The zero-order chi connectivity index (χ0) is 25.5. The third-order valence-corrected chi connectivity index (χ3v) is 5.06. The first-order chi connectivity index (χ1) is 15.6. The van der Waals surface area contributed by atoms with E-state index < -0.39 is 96.2 Å². The molecule has 4 bridgehead atoms. The van der Waals surface area contributed by atoms with E-state index in [0.29, 0.717) is 0 Å². The summed E-state index contributed by atoms with van der Waals surface area (Å²) in [7, 11) is 0. The van der Waals surface area contributed by atoms with Crippen molar-refractivity contribution in [2.75, 3.05) is 5.32 Å². The maximum atomic E-state index is 14.2. The van der Waals surface area contributed by atoms with Crippen LogP contribution in [0.4, 0.5) is 40.8 Å². The number of carbonyl (C=O) groups is 2. The third kappa shape index (κ3) is 4.85. The first-order valence-electron chi connectivity index (χ1n) is 9.46. The van der Waals surface area contributed by atoms with Gasteiger partial charge in [-0.15, -0.1) is 10.2 Å². The van der Waals surface area contributed by atoms with E-state index in [1.807, 2.05) is 5.32 Å². The Morgan fingerprint density at radius 2 is 1.74 bits per heavy atom. The Morgan fingerprint density at radius 3 is 2.32 bits per heavy atom. The maximum Gasteiger partial charge on any atom is 0.426 e. The van der Waals surface area contributed by atoms with Gasteiger partial charge in [-0.1, -0.05) is 0 Å². The predicted molar refractivity (Wildman–Crippen MR) is 94.5 cm³/mol. The Bertz CT molecular complexity index is 1100. The first kappa shape index (κ1) is 25.5. The van der Waals surface area contributed by atoms with E-state index in [4.69, 9.17) is 4.42 Å². The summed E-state index contributed by atoms with van der Waals surface area (Å²) in [5.74, 6) is -7.63. The maximum absolute atomic E-state index is 14.2. The van der Waals surface area contributed by atoms with Crippen molar-refractivity contribution in [3.63, 3.8) is 0 Å². The summed E-state index contributed by atoms with van der Waals surface area (Å²) in [5, 5.41) is 18.4. The second-order valence-electron chi connectivity index (χ2n) is 7.44. The van der Waals surface area contributed by atoms with Gasteiger partial charge in [-0.05, 0) is 18.9 Å². The third-order valence-electron chi connectivity index (χ3n) is 5.06. The van der Waals surface area contributed by atoms with Crippen LogP contribution in [0, 0.1) is 0 Å². The molecule has 2 N–H and O–H groups in total. The topological polar surface area (TPSA) is 118 Å². The van der Waals surface area contributed by atoms with Gasteiger partial charge < -0.3 is 14.8 Å². The molecule has 1 aliphatic heterocycles. The molecule has 3 rings (SSSR count). The summed E-state index contributed by atoms with van der Waals surface area (Å²) in [4.78, 5) is 26.7. The molecule has 3 heterocycles. The smallest absolute Gasteiger partial charge is 0.416 e. The van der Waals surface area contributed by atoms with Crippen molar-refractivity contribution in [2.45, 2.75) is 56.0 Å². The number of aromatic nitrogens is 3. The molecule has 1 unspecified atom stereocenters. The molecule has 0 saturated heterocycles. The number of hydrogen-bond donors (Lipinski definition) is 2. The summed E-state index contributed by atoms with van der Waals surface area (Å²) in [6.45, 7) is 0. The largest absolute Gasteiger partial charge is 0.426 e. The van der Waals surface area contributed by atoms with E-state index in [9.17, 15) is 49.8 Å². The van der Waals surface area contributed by atoms with Gasteiger partial charge in [0.2, 0.25) is 17.9 Å². The number of hydrogen-bond acceptors (Lipinski definition) is 7. The number of aliphatic hydroxyl groups is 1. The summed E-state index contributed by atoms with van der Waals surface area (Å²) >= 11 is 0. The number of carbonyl (C=O) groups excluding carboxylic acids is 2. The zero-order valence-electron chi connectivity index (χ0n) is 16.7. The summed E-state index contributed by atoms with van der Waals surface area (Å²) in [6, 6.07) is 0.230. The zero-order valence-corrected chi connectivity index (χ0v) is 16.7.